The minimum Gasteiger partial charge on any atom is -0.291 e. The van der Waals surface area contributed by atoms with Crippen molar-refractivity contribution in [2.45, 2.75) is 12.5 Å². The Hall–Kier alpha value is -0.860. The highest BCUT2D eigenvalue weighted by atomic mass is 16.7. The van der Waals surface area contributed by atoms with Crippen LogP contribution in [0.3, 0.4) is 0 Å². The molecule has 2 nitrogen and oxygen atoms in total. The summed E-state index contributed by atoms with van der Waals surface area (Å²) in [5, 5.41) is 1.90. The number of hydrogen-bond acceptors (Lipinski definition) is 2. The molecule has 2 rings (SSSR count). The summed E-state index contributed by atoms with van der Waals surface area (Å²) in [6.07, 6.45) is 1.37. The standard InChI is InChI=1S/C10H13NO/c1-11-8-7-10(12-11)9-5-3-2-4-6-9/h2-6,10H,7-8H2,1H3/t10-/m1/s1. The summed E-state index contributed by atoms with van der Waals surface area (Å²) in [4.78, 5) is 5.58. The van der Waals surface area contributed by atoms with Gasteiger partial charge in [-0.1, -0.05) is 30.3 Å². The van der Waals surface area contributed by atoms with Gasteiger partial charge in [-0.25, -0.2) is 0 Å². The quantitative estimate of drug-likeness (QED) is 0.627. The number of hydroxylamine groups is 2. The van der Waals surface area contributed by atoms with Crippen molar-refractivity contribution in [1.82, 2.24) is 5.06 Å². The van der Waals surface area contributed by atoms with Gasteiger partial charge < -0.3 is 0 Å². The fourth-order valence-corrected chi connectivity index (χ4v) is 1.52. The summed E-state index contributed by atoms with van der Waals surface area (Å²) in [6, 6.07) is 10.4. The second-order valence-corrected chi connectivity index (χ2v) is 3.14. The molecule has 1 aromatic rings. The normalized spacial score (nSPS) is 24.6. The van der Waals surface area contributed by atoms with Crippen LogP contribution < -0.4 is 0 Å². The molecule has 1 aliphatic heterocycles. The van der Waals surface area contributed by atoms with Gasteiger partial charge in [0, 0.05) is 13.6 Å². The summed E-state index contributed by atoms with van der Waals surface area (Å²) in [5.41, 5.74) is 1.28. The molecule has 1 saturated heterocycles. The van der Waals surface area contributed by atoms with Crippen LogP contribution >= 0.6 is 0 Å². The fourth-order valence-electron chi connectivity index (χ4n) is 1.52. The van der Waals surface area contributed by atoms with E-state index in [2.05, 4.69) is 24.3 Å². The Balaban J connectivity index is 2.11. The zero-order valence-electron chi connectivity index (χ0n) is 7.23. The molecule has 0 saturated carbocycles. The third-order valence-corrected chi connectivity index (χ3v) is 2.18. The van der Waals surface area contributed by atoms with E-state index in [-0.39, 0.29) is 6.10 Å². The van der Waals surface area contributed by atoms with E-state index in [9.17, 15) is 0 Å². The van der Waals surface area contributed by atoms with Crippen LogP contribution in [0.15, 0.2) is 30.3 Å². The zero-order valence-corrected chi connectivity index (χ0v) is 7.23. The fraction of sp³-hybridized carbons (Fsp3) is 0.400. The van der Waals surface area contributed by atoms with Crippen molar-refractivity contribution in [3.63, 3.8) is 0 Å². The van der Waals surface area contributed by atoms with Crippen molar-refractivity contribution in [2.24, 2.45) is 0 Å². The third kappa shape index (κ3) is 1.49. The molecule has 0 aliphatic carbocycles. The van der Waals surface area contributed by atoms with Crippen LogP contribution in [-0.2, 0) is 4.84 Å². The van der Waals surface area contributed by atoms with Crippen LogP contribution in [0.5, 0.6) is 0 Å². The van der Waals surface area contributed by atoms with Gasteiger partial charge in [0.25, 0.3) is 0 Å². The van der Waals surface area contributed by atoms with Gasteiger partial charge in [-0.3, -0.25) is 4.84 Å². The van der Waals surface area contributed by atoms with E-state index in [0.717, 1.165) is 13.0 Å². The van der Waals surface area contributed by atoms with Crippen molar-refractivity contribution >= 4 is 0 Å². The van der Waals surface area contributed by atoms with Gasteiger partial charge in [-0.2, -0.15) is 5.06 Å². The lowest BCUT2D eigenvalue weighted by atomic mass is 10.1. The van der Waals surface area contributed by atoms with Gasteiger partial charge in [0.15, 0.2) is 0 Å². The Morgan fingerprint density at radius 1 is 1.33 bits per heavy atom. The van der Waals surface area contributed by atoms with Crippen molar-refractivity contribution in [3.05, 3.63) is 35.9 Å². The molecule has 64 valence electrons. The van der Waals surface area contributed by atoms with Gasteiger partial charge in [0.05, 0.1) is 0 Å². The predicted molar refractivity (Wildman–Crippen MR) is 47.5 cm³/mol. The van der Waals surface area contributed by atoms with E-state index in [1.54, 1.807) is 0 Å². The summed E-state index contributed by atoms with van der Waals surface area (Å²) < 4.78 is 0. The van der Waals surface area contributed by atoms with Crippen LogP contribution in [0, 0.1) is 0 Å². The average molecular weight is 163 g/mol. The molecular formula is C10H13NO. The SMILES string of the molecule is CN1CC[C@H](c2ccccc2)O1. The summed E-state index contributed by atoms with van der Waals surface area (Å²) in [5.74, 6) is 0. The highest BCUT2D eigenvalue weighted by Crippen LogP contribution is 2.26. The van der Waals surface area contributed by atoms with Gasteiger partial charge in [-0.15, -0.1) is 0 Å². The van der Waals surface area contributed by atoms with Crippen molar-refractivity contribution in [1.29, 1.82) is 0 Å². The molecule has 1 aliphatic rings. The van der Waals surface area contributed by atoms with Crippen molar-refractivity contribution < 1.29 is 4.84 Å². The van der Waals surface area contributed by atoms with Gasteiger partial charge in [0.2, 0.25) is 0 Å². The van der Waals surface area contributed by atoms with Gasteiger partial charge in [0.1, 0.15) is 6.10 Å². The summed E-state index contributed by atoms with van der Waals surface area (Å²) in [7, 11) is 1.98. The molecule has 0 N–H and O–H groups in total. The maximum absolute atomic E-state index is 5.58. The number of benzene rings is 1. The van der Waals surface area contributed by atoms with Crippen LogP contribution in [0.2, 0.25) is 0 Å². The van der Waals surface area contributed by atoms with Crippen molar-refractivity contribution in [2.75, 3.05) is 13.6 Å². The van der Waals surface area contributed by atoms with E-state index >= 15 is 0 Å². The predicted octanol–water partition coefficient (Wildman–Crippen LogP) is 1.99. The molecule has 1 heterocycles. The highest BCUT2D eigenvalue weighted by Gasteiger charge is 2.21. The molecule has 1 aromatic carbocycles. The Kier molecular flexibility index (Phi) is 2.11. The van der Waals surface area contributed by atoms with E-state index in [1.165, 1.54) is 5.56 Å². The zero-order chi connectivity index (χ0) is 8.39. The Morgan fingerprint density at radius 3 is 2.67 bits per heavy atom. The minimum atomic E-state index is 0.274. The molecule has 0 unspecified atom stereocenters. The molecular weight excluding hydrogens is 150 g/mol. The first-order valence-corrected chi connectivity index (χ1v) is 4.29. The van der Waals surface area contributed by atoms with E-state index in [0.29, 0.717) is 0 Å². The summed E-state index contributed by atoms with van der Waals surface area (Å²) in [6.45, 7) is 1.03. The number of hydrogen-bond donors (Lipinski definition) is 0. The van der Waals surface area contributed by atoms with Crippen LogP contribution in [0.25, 0.3) is 0 Å². The number of rotatable bonds is 1. The van der Waals surface area contributed by atoms with Crippen LogP contribution in [0.4, 0.5) is 0 Å². The average Bonchev–Trinajstić information content (AvgIpc) is 2.54. The molecule has 0 aromatic heterocycles. The smallest absolute Gasteiger partial charge is 0.106 e. The molecule has 0 radical (unpaired) electrons. The minimum absolute atomic E-state index is 0.274. The molecule has 0 bridgehead atoms. The topological polar surface area (TPSA) is 12.5 Å². The first kappa shape index (κ1) is 7.77. The highest BCUT2D eigenvalue weighted by molar-refractivity contribution is 5.17. The third-order valence-electron chi connectivity index (χ3n) is 2.18. The summed E-state index contributed by atoms with van der Waals surface area (Å²) >= 11 is 0. The molecule has 0 amide bonds. The maximum atomic E-state index is 5.58. The monoisotopic (exact) mass is 163 g/mol. The van der Waals surface area contributed by atoms with E-state index < -0.39 is 0 Å². The van der Waals surface area contributed by atoms with Gasteiger partial charge in [-0.05, 0) is 12.0 Å². The van der Waals surface area contributed by atoms with Gasteiger partial charge >= 0.3 is 0 Å². The van der Waals surface area contributed by atoms with Crippen molar-refractivity contribution in [3.8, 4) is 0 Å². The molecule has 12 heavy (non-hydrogen) atoms. The molecule has 1 atom stereocenters. The Morgan fingerprint density at radius 2 is 2.08 bits per heavy atom. The van der Waals surface area contributed by atoms with Crippen LogP contribution in [0.1, 0.15) is 18.1 Å². The van der Waals surface area contributed by atoms with Crippen LogP contribution in [-0.4, -0.2) is 18.7 Å². The first-order chi connectivity index (χ1) is 5.86. The largest absolute Gasteiger partial charge is 0.291 e. The number of nitrogens with zero attached hydrogens (tertiary/aromatic N) is 1. The first-order valence-electron chi connectivity index (χ1n) is 4.29. The lowest BCUT2D eigenvalue weighted by Gasteiger charge is -2.10. The van der Waals surface area contributed by atoms with E-state index in [1.807, 2.05) is 18.2 Å². The van der Waals surface area contributed by atoms with E-state index in [4.69, 9.17) is 4.84 Å². The maximum Gasteiger partial charge on any atom is 0.106 e. The lowest BCUT2D eigenvalue weighted by Crippen LogP contribution is -2.10. The Bertz CT molecular complexity index is 247. The Labute approximate surface area is 72.7 Å². The second-order valence-electron chi connectivity index (χ2n) is 3.14. The molecule has 2 heteroatoms. The second kappa shape index (κ2) is 3.25. The molecule has 1 fully saturated rings. The lowest BCUT2D eigenvalue weighted by molar-refractivity contribution is -0.128. The molecule has 0 spiro atoms.